The van der Waals surface area contributed by atoms with Crippen LogP contribution in [0.15, 0.2) is 97.2 Å². The Labute approximate surface area is 198 Å². The van der Waals surface area contributed by atoms with Gasteiger partial charge in [0.2, 0.25) is 5.91 Å². The first-order chi connectivity index (χ1) is 16.7. The molecule has 2 amide bonds. The maximum absolute atomic E-state index is 13.6. The highest BCUT2D eigenvalue weighted by molar-refractivity contribution is 6.03. The van der Waals surface area contributed by atoms with Crippen molar-refractivity contribution in [1.82, 2.24) is 9.88 Å². The predicted octanol–water partition coefficient (Wildman–Crippen LogP) is 5.37. The number of likely N-dealkylation sites (tertiary alicyclic amines) is 1. The highest BCUT2D eigenvalue weighted by Crippen LogP contribution is 2.35. The first-order valence-corrected chi connectivity index (χ1v) is 11.4. The smallest absolute Gasteiger partial charge is 0.410 e. The topological polar surface area (TPSA) is 71.5 Å². The number of hydrogen-bond acceptors (Lipinski definition) is 4. The lowest BCUT2D eigenvalue weighted by Crippen LogP contribution is -2.45. The molecule has 1 fully saturated rings. The zero-order valence-electron chi connectivity index (χ0n) is 18.6. The highest BCUT2D eigenvalue weighted by Gasteiger charge is 2.43. The lowest BCUT2D eigenvalue weighted by atomic mass is 9.91. The summed E-state index contributed by atoms with van der Waals surface area (Å²) in [6.07, 6.45) is 1.89. The van der Waals surface area contributed by atoms with Crippen LogP contribution < -0.4 is 5.32 Å². The molecule has 2 heterocycles. The van der Waals surface area contributed by atoms with Crippen LogP contribution in [-0.2, 0) is 16.1 Å². The summed E-state index contributed by atoms with van der Waals surface area (Å²) in [6.45, 7) is 0.604. The number of aromatic nitrogens is 1. The standard InChI is InChI=1S/C28H25N3O3/c32-27(30-24-15-7-13-22-14-8-17-29-25(22)24)26-23(21-11-5-2-6-12-21)16-18-31(26)28(33)34-19-20-9-3-1-4-10-20/h1-15,17,23,26H,16,18-19H2,(H,30,32)/t23-,26-/m0/s1. The second-order valence-electron chi connectivity index (χ2n) is 8.35. The number of ether oxygens (including phenoxy) is 1. The van der Waals surface area contributed by atoms with Gasteiger partial charge in [-0.15, -0.1) is 0 Å². The number of pyridine rings is 1. The third-order valence-electron chi connectivity index (χ3n) is 6.22. The normalized spacial score (nSPS) is 17.5. The zero-order chi connectivity index (χ0) is 23.3. The third-order valence-corrected chi connectivity index (χ3v) is 6.22. The lowest BCUT2D eigenvalue weighted by molar-refractivity contribution is -0.120. The van der Waals surface area contributed by atoms with Gasteiger partial charge in [-0.25, -0.2) is 4.79 Å². The van der Waals surface area contributed by atoms with Crippen LogP contribution >= 0.6 is 0 Å². The van der Waals surface area contributed by atoms with Crippen molar-refractivity contribution in [2.45, 2.75) is 25.0 Å². The van der Waals surface area contributed by atoms with Crippen molar-refractivity contribution in [3.8, 4) is 0 Å². The van der Waals surface area contributed by atoms with Gasteiger partial charge in [-0.3, -0.25) is 14.7 Å². The minimum atomic E-state index is -0.690. The molecule has 34 heavy (non-hydrogen) atoms. The fraction of sp³-hybridized carbons (Fsp3) is 0.179. The largest absolute Gasteiger partial charge is 0.445 e. The van der Waals surface area contributed by atoms with Gasteiger partial charge < -0.3 is 10.1 Å². The maximum atomic E-state index is 13.6. The van der Waals surface area contributed by atoms with Gasteiger partial charge in [0.15, 0.2) is 0 Å². The van der Waals surface area contributed by atoms with Crippen LogP contribution in [0.2, 0.25) is 0 Å². The van der Waals surface area contributed by atoms with Crippen LogP contribution in [0.3, 0.4) is 0 Å². The summed E-state index contributed by atoms with van der Waals surface area (Å²) in [7, 11) is 0. The molecule has 1 saturated heterocycles. The summed E-state index contributed by atoms with van der Waals surface area (Å²) in [5.41, 5.74) is 3.26. The molecule has 0 spiro atoms. The average Bonchev–Trinajstić information content (AvgIpc) is 3.34. The minimum absolute atomic E-state index is 0.131. The van der Waals surface area contributed by atoms with Gasteiger partial charge in [-0.2, -0.15) is 0 Å². The summed E-state index contributed by atoms with van der Waals surface area (Å²) >= 11 is 0. The monoisotopic (exact) mass is 451 g/mol. The van der Waals surface area contributed by atoms with E-state index in [2.05, 4.69) is 10.3 Å². The molecule has 0 aliphatic carbocycles. The van der Waals surface area contributed by atoms with E-state index in [1.165, 1.54) is 0 Å². The van der Waals surface area contributed by atoms with Gasteiger partial charge in [0, 0.05) is 24.0 Å². The summed E-state index contributed by atoms with van der Waals surface area (Å²) in [6, 6.07) is 28.2. The number of hydrogen-bond donors (Lipinski definition) is 1. The zero-order valence-corrected chi connectivity index (χ0v) is 18.6. The quantitative estimate of drug-likeness (QED) is 0.443. The van der Waals surface area contributed by atoms with Crippen molar-refractivity contribution >= 4 is 28.6 Å². The van der Waals surface area contributed by atoms with Crippen molar-refractivity contribution < 1.29 is 14.3 Å². The number of para-hydroxylation sites is 1. The van der Waals surface area contributed by atoms with E-state index in [1.54, 1.807) is 11.1 Å². The number of benzene rings is 3. The summed E-state index contributed by atoms with van der Waals surface area (Å²) in [4.78, 5) is 32.7. The molecule has 1 N–H and O–H groups in total. The Morgan fingerprint density at radius 1 is 0.912 bits per heavy atom. The van der Waals surface area contributed by atoms with Crippen molar-refractivity contribution in [1.29, 1.82) is 0 Å². The van der Waals surface area contributed by atoms with Gasteiger partial charge in [-0.1, -0.05) is 78.9 Å². The van der Waals surface area contributed by atoms with E-state index in [0.717, 1.165) is 16.5 Å². The second kappa shape index (κ2) is 9.75. The molecular formula is C28H25N3O3. The lowest BCUT2D eigenvalue weighted by Gasteiger charge is -2.27. The van der Waals surface area contributed by atoms with Gasteiger partial charge in [0.25, 0.3) is 0 Å². The van der Waals surface area contributed by atoms with Gasteiger partial charge in [0.1, 0.15) is 12.6 Å². The summed E-state index contributed by atoms with van der Waals surface area (Å²) in [5, 5.41) is 3.97. The summed E-state index contributed by atoms with van der Waals surface area (Å²) in [5.74, 6) is -0.380. The number of carbonyl (C=O) groups excluding carboxylic acids is 2. The average molecular weight is 452 g/mol. The van der Waals surface area contributed by atoms with Crippen molar-refractivity contribution in [3.63, 3.8) is 0 Å². The van der Waals surface area contributed by atoms with E-state index in [4.69, 9.17) is 4.74 Å². The second-order valence-corrected chi connectivity index (χ2v) is 8.35. The number of fused-ring (bicyclic) bond motifs is 1. The van der Waals surface area contributed by atoms with E-state index in [1.807, 2.05) is 91.0 Å². The molecule has 0 radical (unpaired) electrons. The maximum Gasteiger partial charge on any atom is 0.410 e. The SMILES string of the molecule is O=C(Nc1cccc2cccnc12)[C@@H]1[C@H](c2ccccc2)CCN1C(=O)OCc1ccccc1. The first-order valence-electron chi connectivity index (χ1n) is 11.4. The number of nitrogens with zero attached hydrogens (tertiary/aromatic N) is 2. The number of anilines is 1. The molecule has 170 valence electrons. The van der Waals surface area contributed by atoms with E-state index in [0.29, 0.717) is 24.2 Å². The van der Waals surface area contributed by atoms with Gasteiger partial charge >= 0.3 is 6.09 Å². The third kappa shape index (κ3) is 4.48. The van der Waals surface area contributed by atoms with Gasteiger partial charge in [-0.05, 0) is 29.7 Å². The van der Waals surface area contributed by atoms with E-state index in [-0.39, 0.29) is 18.4 Å². The Kier molecular flexibility index (Phi) is 6.21. The van der Waals surface area contributed by atoms with Crippen LogP contribution in [0.5, 0.6) is 0 Å². The molecule has 2 atom stereocenters. The number of carbonyl (C=O) groups is 2. The number of nitrogens with one attached hydrogen (secondary N) is 1. The van der Waals surface area contributed by atoms with E-state index >= 15 is 0 Å². The van der Waals surface area contributed by atoms with E-state index in [9.17, 15) is 9.59 Å². The van der Waals surface area contributed by atoms with Crippen molar-refractivity contribution in [2.24, 2.45) is 0 Å². The molecule has 0 saturated carbocycles. The molecule has 1 aliphatic heterocycles. The molecule has 0 unspecified atom stereocenters. The Balaban J connectivity index is 1.41. The molecule has 0 bridgehead atoms. The van der Waals surface area contributed by atoms with Crippen molar-refractivity contribution in [2.75, 3.05) is 11.9 Å². The molecule has 1 aromatic heterocycles. The minimum Gasteiger partial charge on any atom is -0.445 e. The van der Waals surface area contributed by atoms with Crippen LogP contribution in [0.4, 0.5) is 10.5 Å². The Morgan fingerprint density at radius 3 is 2.44 bits per heavy atom. The van der Waals surface area contributed by atoms with Gasteiger partial charge in [0.05, 0.1) is 11.2 Å². The predicted molar refractivity (Wildman–Crippen MR) is 131 cm³/mol. The molecular weight excluding hydrogens is 426 g/mol. The molecule has 5 rings (SSSR count). The number of rotatable bonds is 5. The van der Waals surface area contributed by atoms with Crippen LogP contribution in [0.25, 0.3) is 10.9 Å². The number of amides is 2. The molecule has 1 aliphatic rings. The fourth-order valence-electron chi connectivity index (χ4n) is 4.58. The first kappa shape index (κ1) is 21.6. The van der Waals surface area contributed by atoms with Crippen LogP contribution in [0.1, 0.15) is 23.5 Å². The van der Waals surface area contributed by atoms with E-state index < -0.39 is 12.1 Å². The van der Waals surface area contributed by atoms with Crippen LogP contribution in [-0.4, -0.2) is 34.5 Å². The molecule has 6 heteroatoms. The van der Waals surface area contributed by atoms with Crippen LogP contribution in [0, 0.1) is 0 Å². The fourth-order valence-corrected chi connectivity index (χ4v) is 4.58. The molecule has 3 aromatic carbocycles. The Morgan fingerprint density at radius 2 is 1.65 bits per heavy atom. The molecule has 6 nitrogen and oxygen atoms in total. The highest BCUT2D eigenvalue weighted by atomic mass is 16.6. The van der Waals surface area contributed by atoms with Crippen molar-refractivity contribution in [3.05, 3.63) is 108 Å². The summed E-state index contributed by atoms with van der Waals surface area (Å²) < 4.78 is 5.59. The Bertz CT molecular complexity index is 1290. The molecule has 4 aromatic rings. The Hall–Kier alpha value is -4.19.